The molecule has 0 heterocycles. The van der Waals surface area contributed by atoms with Crippen LogP contribution in [-0.2, 0) is 13.2 Å². The third-order valence-electron chi connectivity index (χ3n) is 3.74. The molecule has 0 atom stereocenters. The van der Waals surface area contributed by atoms with E-state index in [1.54, 1.807) is 0 Å². The quantitative estimate of drug-likeness (QED) is 0.868. The minimum Gasteiger partial charge on any atom is -0.488 e. The molecule has 0 aliphatic heterocycles. The summed E-state index contributed by atoms with van der Waals surface area (Å²) in [7, 11) is 0. The van der Waals surface area contributed by atoms with Gasteiger partial charge >= 0.3 is 0 Å². The monoisotopic (exact) mass is 347 g/mol. The van der Waals surface area contributed by atoms with Crippen LogP contribution in [0.1, 0.15) is 33.4 Å². The molecule has 0 saturated carbocycles. The van der Waals surface area contributed by atoms with Crippen LogP contribution >= 0.6 is 15.9 Å². The Labute approximate surface area is 135 Å². The fourth-order valence-corrected chi connectivity index (χ4v) is 3.36. The normalized spacial score (nSPS) is 10.8. The largest absolute Gasteiger partial charge is 0.488 e. The van der Waals surface area contributed by atoms with Gasteiger partial charge in [-0.15, -0.1) is 0 Å². The molecule has 2 N–H and O–H groups in total. The van der Waals surface area contributed by atoms with Gasteiger partial charge in [-0.1, -0.05) is 33.6 Å². The van der Waals surface area contributed by atoms with Crippen LogP contribution in [0.5, 0.6) is 5.75 Å². The molecule has 0 spiro atoms. The maximum atomic E-state index is 6.10. The Kier molecular flexibility index (Phi) is 5.07. The molecule has 0 aliphatic carbocycles. The number of ether oxygens (including phenoxy) is 1. The fourth-order valence-electron chi connectivity index (χ4n) is 2.74. The van der Waals surface area contributed by atoms with Crippen molar-refractivity contribution < 1.29 is 4.74 Å². The summed E-state index contributed by atoms with van der Waals surface area (Å²) in [6.07, 6.45) is 0. The van der Waals surface area contributed by atoms with E-state index in [4.69, 9.17) is 10.5 Å². The Balaban J connectivity index is 2.29. The van der Waals surface area contributed by atoms with Gasteiger partial charge < -0.3 is 10.5 Å². The van der Waals surface area contributed by atoms with Crippen LogP contribution in [0.15, 0.2) is 28.7 Å². The lowest BCUT2D eigenvalue weighted by Crippen LogP contribution is -2.06. The molecule has 2 nitrogen and oxygen atoms in total. The molecular weight excluding hydrogens is 326 g/mol. The number of nitrogens with two attached hydrogens (primary N) is 1. The molecule has 2 aromatic rings. The molecule has 21 heavy (non-hydrogen) atoms. The molecule has 2 aromatic carbocycles. The molecule has 0 radical (unpaired) electrons. The van der Waals surface area contributed by atoms with E-state index in [2.05, 4.69) is 54.9 Å². The lowest BCUT2D eigenvalue weighted by Gasteiger charge is -2.17. The molecule has 112 valence electrons. The molecule has 0 aliphatic rings. The summed E-state index contributed by atoms with van der Waals surface area (Å²) in [5.41, 5.74) is 13.1. The molecular formula is C18H22BrNO. The molecule has 0 aromatic heterocycles. The number of rotatable bonds is 4. The first kappa shape index (κ1) is 16.1. The minimum absolute atomic E-state index is 0.474. The van der Waals surface area contributed by atoms with E-state index in [0.29, 0.717) is 13.2 Å². The van der Waals surface area contributed by atoms with Crippen LogP contribution in [0.4, 0.5) is 0 Å². The molecule has 0 unspecified atom stereocenters. The third kappa shape index (κ3) is 3.66. The summed E-state index contributed by atoms with van der Waals surface area (Å²) in [6, 6.07) is 8.48. The van der Waals surface area contributed by atoms with Crippen molar-refractivity contribution in [1.29, 1.82) is 0 Å². The SMILES string of the molecule is Cc1cc(C)c(COc2c(C)cc(Br)cc2CN)c(C)c1. The highest BCUT2D eigenvalue weighted by atomic mass is 79.9. The van der Waals surface area contributed by atoms with Crippen molar-refractivity contribution in [2.75, 3.05) is 0 Å². The van der Waals surface area contributed by atoms with Gasteiger partial charge in [-0.2, -0.15) is 0 Å². The summed E-state index contributed by atoms with van der Waals surface area (Å²) in [5.74, 6) is 0.903. The standard InChI is InChI=1S/C18H22BrNO/c1-11-5-12(2)17(13(3)6-11)10-21-18-14(4)7-16(19)8-15(18)9-20/h5-8H,9-10,20H2,1-4H3. The smallest absolute Gasteiger partial charge is 0.127 e. The average molecular weight is 348 g/mol. The van der Waals surface area contributed by atoms with Crippen LogP contribution < -0.4 is 10.5 Å². The van der Waals surface area contributed by atoms with Gasteiger partial charge in [0.1, 0.15) is 12.4 Å². The van der Waals surface area contributed by atoms with Crippen LogP contribution in [0.25, 0.3) is 0 Å². The zero-order valence-corrected chi connectivity index (χ0v) is 14.7. The molecule has 2 rings (SSSR count). The highest BCUT2D eigenvalue weighted by Gasteiger charge is 2.10. The van der Waals surface area contributed by atoms with Gasteiger partial charge in [-0.3, -0.25) is 0 Å². The van der Waals surface area contributed by atoms with Crippen LogP contribution in [0, 0.1) is 27.7 Å². The van der Waals surface area contributed by atoms with E-state index in [1.165, 1.54) is 22.3 Å². The van der Waals surface area contributed by atoms with Crippen molar-refractivity contribution in [3.8, 4) is 5.75 Å². The Morgan fingerprint density at radius 2 is 1.57 bits per heavy atom. The van der Waals surface area contributed by atoms with E-state index in [1.807, 2.05) is 13.0 Å². The van der Waals surface area contributed by atoms with Gasteiger partial charge in [0, 0.05) is 16.6 Å². The molecule has 0 amide bonds. The van der Waals surface area contributed by atoms with Gasteiger partial charge in [0.15, 0.2) is 0 Å². The number of hydrogen-bond donors (Lipinski definition) is 1. The fraction of sp³-hybridized carbons (Fsp3) is 0.333. The van der Waals surface area contributed by atoms with Crippen LogP contribution in [0.3, 0.4) is 0 Å². The van der Waals surface area contributed by atoms with Crippen molar-refractivity contribution >= 4 is 15.9 Å². The Morgan fingerprint density at radius 1 is 0.952 bits per heavy atom. The highest BCUT2D eigenvalue weighted by molar-refractivity contribution is 9.10. The lowest BCUT2D eigenvalue weighted by molar-refractivity contribution is 0.299. The zero-order chi connectivity index (χ0) is 15.6. The van der Waals surface area contributed by atoms with E-state index >= 15 is 0 Å². The maximum Gasteiger partial charge on any atom is 0.127 e. The van der Waals surface area contributed by atoms with Crippen molar-refractivity contribution in [3.63, 3.8) is 0 Å². The van der Waals surface area contributed by atoms with Crippen molar-refractivity contribution in [3.05, 3.63) is 62.1 Å². The predicted molar refractivity (Wildman–Crippen MR) is 91.8 cm³/mol. The van der Waals surface area contributed by atoms with Crippen molar-refractivity contribution in [1.82, 2.24) is 0 Å². The summed E-state index contributed by atoms with van der Waals surface area (Å²) in [4.78, 5) is 0. The van der Waals surface area contributed by atoms with E-state index < -0.39 is 0 Å². The molecule has 0 saturated heterocycles. The van der Waals surface area contributed by atoms with Gasteiger partial charge in [-0.25, -0.2) is 0 Å². The minimum atomic E-state index is 0.474. The van der Waals surface area contributed by atoms with Gasteiger partial charge in [-0.05, 0) is 62.1 Å². The van der Waals surface area contributed by atoms with E-state index in [9.17, 15) is 0 Å². The van der Waals surface area contributed by atoms with E-state index in [0.717, 1.165) is 21.3 Å². The Bertz CT molecular complexity index is 642. The number of aryl methyl sites for hydroxylation is 4. The molecule has 0 fully saturated rings. The molecule has 0 bridgehead atoms. The number of halogens is 1. The summed E-state index contributed by atoms with van der Waals surface area (Å²) in [6.45, 7) is 9.49. The van der Waals surface area contributed by atoms with Gasteiger partial charge in [0.05, 0.1) is 0 Å². The Hall–Kier alpha value is -1.32. The van der Waals surface area contributed by atoms with Crippen LogP contribution in [-0.4, -0.2) is 0 Å². The number of benzene rings is 2. The second-order valence-corrected chi connectivity index (χ2v) is 6.50. The highest BCUT2D eigenvalue weighted by Crippen LogP contribution is 2.29. The lowest BCUT2D eigenvalue weighted by atomic mass is 10.0. The topological polar surface area (TPSA) is 35.2 Å². The first-order valence-corrected chi connectivity index (χ1v) is 7.90. The van der Waals surface area contributed by atoms with Gasteiger partial charge in [0.25, 0.3) is 0 Å². The first-order valence-electron chi connectivity index (χ1n) is 7.11. The summed E-state index contributed by atoms with van der Waals surface area (Å²) in [5, 5.41) is 0. The van der Waals surface area contributed by atoms with Crippen LogP contribution in [0.2, 0.25) is 0 Å². The second kappa shape index (κ2) is 6.63. The van der Waals surface area contributed by atoms with Crippen molar-refractivity contribution in [2.45, 2.75) is 40.8 Å². The number of hydrogen-bond acceptors (Lipinski definition) is 2. The summed E-state index contributed by atoms with van der Waals surface area (Å²) < 4.78 is 7.14. The van der Waals surface area contributed by atoms with Gasteiger partial charge in [0.2, 0.25) is 0 Å². The zero-order valence-electron chi connectivity index (χ0n) is 13.1. The van der Waals surface area contributed by atoms with E-state index in [-0.39, 0.29) is 0 Å². The molecule has 3 heteroatoms. The second-order valence-electron chi connectivity index (χ2n) is 5.58. The Morgan fingerprint density at radius 3 is 2.14 bits per heavy atom. The summed E-state index contributed by atoms with van der Waals surface area (Å²) >= 11 is 3.50. The predicted octanol–water partition coefficient (Wildman–Crippen LogP) is 4.72. The third-order valence-corrected chi connectivity index (χ3v) is 4.20. The average Bonchev–Trinajstić information content (AvgIpc) is 2.38. The van der Waals surface area contributed by atoms with Crippen molar-refractivity contribution in [2.24, 2.45) is 5.73 Å². The first-order chi connectivity index (χ1) is 9.92. The maximum absolute atomic E-state index is 6.10.